The summed E-state index contributed by atoms with van der Waals surface area (Å²) in [5.41, 5.74) is 8.64. The van der Waals surface area contributed by atoms with E-state index in [-0.39, 0.29) is 0 Å². The van der Waals surface area contributed by atoms with Gasteiger partial charge in [-0.2, -0.15) is 0 Å². The van der Waals surface area contributed by atoms with Crippen molar-refractivity contribution in [2.45, 2.75) is 32.8 Å². The third-order valence-corrected chi connectivity index (χ3v) is 2.36. The number of hydrogen-bond donors (Lipinski definition) is 2. The first kappa shape index (κ1) is 10.1. The van der Waals surface area contributed by atoms with E-state index in [1.54, 1.807) is 0 Å². The van der Waals surface area contributed by atoms with Gasteiger partial charge in [-0.3, -0.25) is 0 Å². The van der Waals surface area contributed by atoms with Gasteiger partial charge in [-0.1, -0.05) is 32.0 Å². The van der Waals surface area contributed by atoms with Gasteiger partial charge in [0, 0.05) is 11.3 Å². The minimum atomic E-state index is -0.425. The maximum Gasteiger partial charge on any atom is 0.0807 e. The molecule has 0 aliphatic rings. The van der Waals surface area contributed by atoms with Crippen LogP contribution >= 0.6 is 0 Å². The number of aliphatic hydroxyl groups excluding tert-OH is 1. The summed E-state index contributed by atoms with van der Waals surface area (Å²) in [6, 6.07) is 5.84. The second-order valence-corrected chi connectivity index (χ2v) is 3.20. The summed E-state index contributed by atoms with van der Waals surface area (Å²) in [5, 5.41) is 9.65. The summed E-state index contributed by atoms with van der Waals surface area (Å²) in [5.74, 6) is 0. The van der Waals surface area contributed by atoms with E-state index in [2.05, 4.69) is 6.92 Å². The largest absolute Gasteiger partial charge is 0.398 e. The van der Waals surface area contributed by atoms with Gasteiger partial charge in [0.1, 0.15) is 0 Å². The Hall–Kier alpha value is -1.02. The predicted octanol–water partition coefficient (Wildman–Crippen LogP) is 2.27. The van der Waals surface area contributed by atoms with Crippen LogP contribution in [0.4, 0.5) is 5.69 Å². The molecule has 1 aromatic carbocycles. The average Bonchev–Trinajstić information content (AvgIpc) is 2.17. The number of rotatable bonds is 3. The Balaban J connectivity index is 3.08. The number of hydrogen-bond acceptors (Lipinski definition) is 2. The van der Waals surface area contributed by atoms with Gasteiger partial charge in [-0.25, -0.2) is 0 Å². The third kappa shape index (κ3) is 2.01. The van der Waals surface area contributed by atoms with Crippen molar-refractivity contribution >= 4 is 5.69 Å². The van der Waals surface area contributed by atoms with Crippen LogP contribution in [0, 0.1) is 0 Å². The van der Waals surface area contributed by atoms with Gasteiger partial charge in [-0.05, 0) is 18.4 Å². The van der Waals surface area contributed by atoms with Crippen molar-refractivity contribution in [1.82, 2.24) is 0 Å². The molecule has 0 saturated carbocycles. The highest BCUT2D eigenvalue weighted by molar-refractivity contribution is 5.54. The zero-order chi connectivity index (χ0) is 9.84. The summed E-state index contributed by atoms with van der Waals surface area (Å²) in [6.07, 6.45) is 1.19. The van der Waals surface area contributed by atoms with Crippen LogP contribution in [-0.4, -0.2) is 5.11 Å². The molecule has 0 aliphatic heterocycles. The van der Waals surface area contributed by atoms with Gasteiger partial charge < -0.3 is 10.8 Å². The molecule has 3 N–H and O–H groups in total. The maximum atomic E-state index is 9.65. The van der Waals surface area contributed by atoms with Crippen LogP contribution in [0.25, 0.3) is 0 Å². The average molecular weight is 179 g/mol. The lowest BCUT2D eigenvalue weighted by Gasteiger charge is -2.13. The molecular weight excluding hydrogens is 162 g/mol. The number of aliphatic hydroxyl groups is 1. The molecule has 1 rings (SSSR count). The Bertz CT molecular complexity index is 283. The second-order valence-electron chi connectivity index (χ2n) is 3.20. The molecule has 0 heterocycles. The van der Waals surface area contributed by atoms with E-state index in [9.17, 15) is 5.11 Å². The monoisotopic (exact) mass is 179 g/mol. The summed E-state index contributed by atoms with van der Waals surface area (Å²) in [6.45, 7) is 4.01. The molecule has 0 aliphatic carbocycles. The van der Waals surface area contributed by atoms with Crippen molar-refractivity contribution in [2.75, 3.05) is 5.73 Å². The molecule has 0 aromatic heterocycles. The molecule has 1 aromatic rings. The molecule has 72 valence electrons. The normalized spacial score (nSPS) is 12.8. The van der Waals surface area contributed by atoms with Crippen LogP contribution in [0.15, 0.2) is 18.2 Å². The lowest BCUT2D eigenvalue weighted by Crippen LogP contribution is -2.03. The first-order chi connectivity index (χ1) is 6.20. The second kappa shape index (κ2) is 4.28. The standard InChI is InChI=1S/C11H17NO/c1-3-8-6-5-7-9(11(8)12)10(13)4-2/h5-7,10,13H,3-4,12H2,1-2H3. The van der Waals surface area contributed by atoms with Crippen molar-refractivity contribution < 1.29 is 5.11 Å². The van der Waals surface area contributed by atoms with E-state index >= 15 is 0 Å². The van der Waals surface area contributed by atoms with Crippen LogP contribution in [0.3, 0.4) is 0 Å². The number of para-hydroxylation sites is 1. The summed E-state index contributed by atoms with van der Waals surface area (Å²) in [7, 11) is 0. The van der Waals surface area contributed by atoms with Crippen molar-refractivity contribution in [2.24, 2.45) is 0 Å². The number of aryl methyl sites for hydroxylation is 1. The van der Waals surface area contributed by atoms with E-state index in [4.69, 9.17) is 5.73 Å². The van der Waals surface area contributed by atoms with E-state index in [1.807, 2.05) is 25.1 Å². The van der Waals surface area contributed by atoms with Gasteiger partial charge in [0.25, 0.3) is 0 Å². The summed E-state index contributed by atoms with van der Waals surface area (Å²) < 4.78 is 0. The zero-order valence-electron chi connectivity index (χ0n) is 8.25. The first-order valence-electron chi connectivity index (χ1n) is 4.76. The Kier molecular flexibility index (Phi) is 3.32. The van der Waals surface area contributed by atoms with Crippen molar-refractivity contribution in [3.8, 4) is 0 Å². The Morgan fingerprint density at radius 2 is 2.08 bits per heavy atom. The number of benzene rings is 1. The van der Waals surface area contributed by atoms with Gasteiger partial charge in [0.2, 0.25) is 0 Å². The van der Waals surface area contributed by atoms with Crippen LogP contribution in [0.5, 0.6) is 0 Å². The lowest BCUT2D eigenvalue weighted by atomic mass is 10.0. The van der Waals surface area contributed by atoms with E-state index in [1.165, 1.54) is 0 Å². The van der Waals surface area contributed by atoms with Gasteiger partial charge in [0.05, 0.1) is 6.10 Å². The third-order valence-electron chi connectivity index (χ3n) is 2.36. The van der Waals surface area contributed by atoms with Crippen molar-refractivity contribution in [1.29, 1.82) is 0 Å². The van der Waals surface area contributed by atoms with Crippen LogP contribution in [0.1, 0.15) is 37.5 Å². The van der Waals surface area contributed by atoms with E-state index in [0.29, 0.717) is 6.42 Å². The fourth-order valence-corrected chi connectivity index (χ4v) is 1.45. The van der Waals surface area contributed by atoms with Crippen molar-refractivity contribution in [3.05, 3.63) is 29.3 Å². The van der Waals surface area contributed by atoms with Gasteiger partial charge >= 0.3 is 0 Å². The molecule has 1 unspecified atom stereocenters. The number of nitrogen functional groups attached to an aromatic ring is 1. The first-order valence-corrected chi connectivity index (χ1v) is 4.76. The molecule has 1 atom stereocenters. The SMILES string of the molecule is CCc1cccc(C(O)CC)c1N. The molecule has 2 heteroatoms. The fraction of sp³-hybridized carbons (Fsp3) is 0.455. The molecule has 0 fully saturated rings. The highest BCUT2D eigenvalue weighted by atomic mass is 16.3. The van der Waals surface area contributed by atoms with Crippen molar-refractivity contribution in [3.63, 3.8) is 0 Å². The molecular formula is C11H17NO. The molecule has 2 nitrogen and oxygen atoms in total. The smallest absolute Gasteiger partial charge is 0.0807 e. The molecule has 0 spiro atoms. The van der Waals surface area contributed by atoms with Gasteiger partial charge in [-0.15, -0.1) is 0 Å². The quantitative estimate of drug-likeness (QED) is 0.699. The molecule has 0 bridgehead atoms. The molecule has 0 amide bonds. The molecule has 0 radical (unpaired) electrons. The predicted molar refractivity (Wildman–Crippen MR) is 55.5 cm³/mol. The Morgan fingerprint density at radius 1 is 1.38 bits per heavy atom. The zero-order valence-corrected chi connectivity index (χ0v) is 8.25. The Morgan fingerprint density at radius 3 is 2.62 bits per heavy atom. The van der Waals surface area contributed by atoms with E-state index in [0.717, 1.165) is 23.2 Å². The summed E-state index contributed by atoms with van der Waals surface area (Å²) >= 11 is 0. The molecule has 13 heavy (non-hydrogen) atoms. The summed E-state index contributed by atoms with van der Waals surface area (Å²) in [4.78, 5) is 0. The lowest BCUT2D eigenvalue weighted by molar-refractivity contribution is 0.174. The maximum absolute atomic E-state index is 9.65. The topological polar surface area (TPSA) is 46.2 Å². The molecule has 0 saturated heterocycles. The van der Waals surface area contributed by atoms with Crippen LogP contribution in [-0.2, 0) is 6.42 Å². The van der Waals surface area contributed by atoms with Crippen LogP contribution in [0.2, 0.25) is 0 Å². The minimum absolute atomic E-state index is 0.425. The Labute approximate surface area is 79.4 Å². The highest BCUT2D eigenvalue weighted by Crippen LogP contribution is 2.25. The van der Waals surface area contributed by atoms with Gasteiger partial charge in [0.15, 0.2) is 0 Å². The number of nitrogens with two attached hydrogens (primary N) is 1. The minimum Gasteiger partial charge on any atom is -0.398 e. The van der Waals surface area contributed by atoms with E-state index < -0.39 is 6.10 Å². The number of anilines is 1. The fourth-order valence-electron chi connectivity index (χ4n) is 1.45. The highest BCUT2D eigenvalue weighted by Gasteiger charge is 2.10. The van der Waals surface area contributed by atoms with Crippen LogP contribution < -0.4 is 5.73 Å².